The van der Waals surface area contributed by atoms with Gasteiger partial charge in [-0.3, -0.25) is 4.79 Å². The molecule has 0 fully saturated rings. The summed E-state index contributed by atoms with van der Waals surface area (Å²) in [5, 5.41) is 2.90. The van der Waals surface area contributed by atoms with Gasteiger partial charge in [-0.05, 0) is 31.4 Å². The molecule has 1 atom stereocenters. The van der Waals surface area contributed by atoms with Crippen LogP contribution in [0.4, 0.5) is 0 Å². The van der Waals surface area contributed by atoms with Crippen LogP contribution >= 0.6 is 0 Å². The Morgan fingerprint density at radius 1 is 1.41 bits per heavy atom. The topological polar surface area (TPSA) is 55.1 Å². The summed E-state index contributed by atoms with van der Waals surface area (Å²) < 4.78 is 0. The Bertz CT molecular complexity index is 386. The van der Waals surface area contributed by atoms with E-state index in [-0.39, 0.29) is 5.91 Å². The zero-order chi connectivity index (χ0) is 12.9. The van der Waals surface area contributed by atoms with Crippen LogP contribution in [0.2, 0.25) is 0 Å². The molecule has 1 unspecified atom stereocenters. The first kappa shape index (κ1) is 13.7. The minimum atomic E-state index is -0.766. The van der Waals surface area contributed by atoms with Gasteiger partial charge in [0.2, 0.25) is 5.91 Å². The molecule has 1 rings (SSSR count). The van der Waals surface area contributed by atoms with E-state index in [1.165, 1.54) is 5.56 Å². The van der Waals surface area contributed by atoms with Crippen molar-refractivity contribution in [1.29, 1.82) is 0 Å². The molecule has 0 saturated heterocycles. The van der Waals surface area contributed by atoms with E-state index in [9.17, 15) is 4.79 Å². The van der Waals surface area contributed by atoms with E-state index in [1.54, 1.807) is 6.92 Å². The van der Waals surface area contributed by atoms with E-state index in [4.69, 9.17) is 5.73 Å². The van der Waals surface area contributed by atoms with Gasteiger partial charge in [-0.1, -0.05) is 37.6 Å². The first-order chi connectivity index (χ1) is 7.97. The van der Waals surface area contributed by atoms with Crippen molar-refractivity contribution in [2.75, 3.05) is 0 Å². The molecule has 1 aromatic carbocycles. The van der Waals surface area contributed by atoms with Crippen LogP contribution in [0, 0.1) is 6.92 Å². The number of benzene rings is 1. The van der Waals surface area contributed by atoms with Crippen molar-refractivity contribution >= 4 is 5.91 Å². The van der Waals surface area contributed by atoms with Gasteiger partial charge in [0, 0.05) is 6.54 Å². The van der Waals surface area contributed by atoms with Crippen LogP contribution in [0.25, 0.3) is 0 Å². The standard InChI is InChI=1S/C14H22N2O/c1-4-9-14(3,15)13(17)16-10-12-8-6-5-7-11(12)2/h5-8H,4,9-10,15H2,1-3H3,(H,16,17). The van der Waals surface area contributed by atoms with Crippen molar-refractivity contribution in [2.24, 2.45) is 5.73 Å². The number of carbonyl (C=O) groups excluding carboxylic acids is 1. The maximum Gasteiger partial charge on any atom is 0.240 e. The second kappa shape index (κ2) is 5.82. The van der Waals surface area contributed by atoms with Gasteiger partial charge in [0.1, 0.15) is 0 Å². The lowest BCUT2D eigenvalue weighted by molar-refractivity contribution is -0.126. The molecular weight excluding hydrogens is 212 g/mol. The van der Waals surface area contributed by atoms with Gasteiger partial charge in [0.25, 0.3) is 0 Å². The lowest BCUT2D eigenvalue weighted by atomic mass is 9.96. The van der Waals surface area contributed by atoms with Gasteiger partial charge in [0.15, 0.2) is 0 Å². The summed E-state index contributed by atoms with van der Waals surface area (Å²) in [6.07, 6.45) is 1.61. The Kier molecular flexibility index (Phi) is 4.70. The fourth-order valence-electron chi connectivity index (χ4n) is 1.82. The van der Waals surface area contributed by atoms with Crippen molar-refractivity contribution in [3.05, 3.63) is 35.4 Å². The summed E-state index contributed by atoms with van der Waals surface area (Å²) in [6.45, 7) is 6.39. The predicted octanol–water partition coefficient (Wildman–Crippen LogP) is 2.13. The smallest absolute Gasteiger partial charge is 0.240 e. The third-order valence-electron chi connectivity index (χ3n) is 2.99. The summed E-state index contributed by atoms with van der Waals surface area (Å²) >= 11 is 0. The molecule has 0 aliphatic carbocycles. The predicted molar refractivity (Wildman–Crippen MR) is 70.5 cm³/mol. The monoisotopic (exact) mass is 234 g/mol. The van der Waals surface area contributed by atoms with Crippen LogP contribution in [-0.2, 0) is 11.3 Å². The molecule has 0 bridgehead atoms. The Labute approximate surface area is 103 Å². The van der Waals surface area contributed by atoms with E-state index >= 15 is 0 Å². The van der Waals surface area contributed by atoms with Crippen molar-refractivity contribution in [1.82, 2.24) is 5.32 Å². The lowest BCUT2D eigenvalue weighted by Gasteiger charge is -2.23. The Balaban J connectivity index is 2.57. The SMILES string of the molecule is CCCC(C)(N)C(=O)NCc1ccccc1C. The number of hydrogen-bond donors (Lipinski definition) is 2. The zero-order valence-corrected chi connectivity index (χ0v) is 10.9. The van der Waals surface area contributed by atoms with E-state index in [1.807, 2.05) is 38.1 Å². The first-order valence-corrected chi connectivity index (χ1v) is 6.09. The molecule has 17 heavy (non-hydrogen) atoms. The minimum absolute atomic E-state index is 0.0809. The Hall–Kier alpha value is -1.35. The second-order valence-corrected chi connectivity index (χ2v) is 4.78. The van der Waals surface area contributed by atoms with Gasteiger partial charge in [0.05, 0.1) is 5.54 Å². The number of nitrogens with one attached hydrogen (secondary N) is 1. The highest BCUT2D eigenvalue weighted by atomic mass is 16.2. The summed E-state index contributed by atoms with van der Waals surface area (Å²) in [5.41, 5.74) is 7.51. The largest absolute Gasteiger partial charge is 0.350 e. The molecule has 0 aliphatic rings. The third kappa shape index (κ3) is 3.86. The maximum absolute atomic E-state index is 11.9. The van der Waals surface area contributed by atoms with Gasteiger partial charge >= 0.3 is 0 Å². The highest BCUT2D eigenvalue weighted by Gasteiger charge is 2.26. The van der Waals surface area contributed by atoms with Crippen LogP contribution in [-0.4, -0.2) is 11.4 Å². The molecule has 1 amide bonds. The molecule has 3 nitrogen and oxygen atoms in total. The van der Waals surface area contributed by atoms with E-state index in [0.29, 0.717) is 13.0 Å². The number of rotatable bonds is 5. The summed E-state index contributed by atoms with van der Waals surface area (Å²) in [6, 6.07) is 8.02. The zero-order valence-electron chi connectivity index (χ0n) is 10.9. The average molecular weight is 234 g/mol. The summed E-state index contributed by atoms with van der Waals surface area (Å²) in [7, 11) is 0. The molecule has 0 spiro atoms. The number of nitrogens with two attached hydrogens (primary N) is 1. The Morgan fingerprint density at radius 2 is 2.06 bits per heavy atom. The normalized spacial score (nSPS) is 14.1. The van der Waals surface area contributed by atoms with Crippen LogP contribution in [0.5, 0.6) is 0 Å². The molecule has 3 heteroatoms. The number of hydrogen-bond acceptors (Lipinski definition) is 2. The molecule has 1 aromatic rings. The van der Waals surface area contributed by atoms with E-state index in [0.717, 1.165) is 12.0 Å². The highest BCUT2D eigenvalue weighted by Crippen LogP contribution is 2.10. The van der Waals surface area contributed by atoms with Crippen LogP contribution in [0.3, 0.4) is 0 Å². The van der Waals surface area contributed by atoms with Crippen LogP contribution in [0.15, 0.2) is 24.3 Å². The van der Waals surface area contributed by atoms with Crippen molar-refractivity contribution in [3.8, 4) is 0 Å². The van der Waals surface area contributed by atoms with Crippen molar-refractivity contribution in [3.63, 3.8) is 0 Å². The third-order valence-corrected chi connectivity index (χ3v) is 2.99. The van der Waals surface area contributed by atoms with E-state index in [2.05, 4.69) is 5.32 Å². The maximum atomic E-state index is 11.9. The van der Waals surface area contributed by atoms with Crippen molar-refractivity contribution in [2.45, 2.75) is 45.7 Å². The molecule has 94 valence electrons. The highest BCUT2D eigenvalue weighted by molar-refractivity contribution is 5.85. The number of aryl methyl sites for hydroxylation is 1. The molecule has 0 aromatic heterocycles. The van der Waals surface area contributed by atoms with Crippen LogP contribution in [0.1, 0.15) is 37.8 Å². The lowest BCUT2D eigenvalue weighted by Crippen LogP contribution is -2.51. The minimum Gasteiger partial charge on any atom is -0.350 e. The van der Waals surface area contributed by atoms with E-state index < -0.39 is 5.54 Å². The van der Waals surface area contributed by atoms with Crippen molar-refractivity contribution < 1.29 is 4.79 Å². The summed E-state index contributed by atoms with van der Waals surface area (Å²) in [5.74, 6) is -0.0809. The van der Waals surface area contributed by atoms with Gasteiger partial charge in [-0.25, -0.2) is 0 Å². The quantitative estimate of drug-likeness (QED) is 0.820. The number of amides is 1. The molecule has 0 saturated carbocycles. The Morgan fingerprint density at radius 3 is 2.65 bits per heavy atom. The average Bonchev–Trinajstić information content (AvgIpc) is 2.27. The fourth-order valence-corrected chi connectivity index (χ4v) is 1.82. The summed E-state index contributed by atoms with van der Waals surface area (Å²) in [4.78, 5) is 11.9. The molecule has 0 heterocycles. The van der Waals surface area contributed by atoms with Gasteiger partial charge in [-0.15, -0.1) is 0 Å². The number of carbonyl (C=O) groups is 1. The molecule has 0 aliphatic heterocycles. The molecular formula is C14H22N2O. The van der Waals surface area contributed by atoms with Crippen LogP contribution < -0.4 is 11.1 Å². The molecule has 3 N–H and O–H groups in total. The molecule has 0 radical (unpaired) electrons. The fraction of sp³-hybridized carbons (Fsp3) is 0.500. The van der Waals surface area contributed by atoms with Gasteiger partial charge in [-0.2, -0.15) is 0 Å². The second-order valence-electron chi connectivity index (χ2n) is 4.78. The first-order valence-electron chi connectivity index (χ1n) is 6.09. The van der Waals surface area contributed by atoms with Gasteiger partial charge < -0.3 is 11.1 Å².